The van der Waals surface area contributed by atoms with E-state index in [1.807, 2.05) is 5.25 Å². The lowest BCUT2D eigenvalue weighted by Crippen LogP contribution is -2.44. The van der Waals surface area contributed by atoms with Gasteiger partial charge in [-0.15, -0.1) is 0 Å². The Balaban J connectivity index is 2.35. The second-order valence-electron chi connectivity index (χ2n) is 3.30. The van der Waals surface area contributed by atoms with E-state index in [4.69, 9.17) is 10.7 Å². The van der Waals surface area contributed by atoms with Crippen LogP contribution in [0.3, 0.4) is 0 Å². The minimum absolute atomic E-state index is 0.472. The van der Waals surface area contributed by atoms with Gasteiger partial charge in [0.15, 0.2) is 0 Å². The first-order valence-electron chi connectivity index (χ1n) is 4.32. The van der Waals surface area contributed by atoms with Crippen molar-refractivity contribution in [1.29, 1.82) is 0 Å². The summed E-state index contributed by atoms with van der Waals surface area (Å²) in [6.07, 6.45) is 0. The van der Waals surface area contributed by atoms with E-state index < -0.39 is 9.05 Å². The van der Waals surface area contributed by atoms with Crippen molar-refractivity contribution in [2.45, 2.75) is 0 Å². The summed E-state index contributed by atoms with van der Waals surface area (Å²) in [5.74, 6) is 2.55. The third-order valence-electron chi connectivity index (χ3n) is 2.09. The normalized spacial score (nSPS) is 20.1. The van der Waals surface area contributed by atoms with Gasteiger partial charge in [-0.1, -0.05) is 5.92 Å². The Morgan fingerprint density at radius 1 is 1.29 bits per heavy atom. The predicted octanol–water partition coefficient (Wildman–Crippen LogP) is -0.237. The van der Waals surface area contributed by atoms with Crippen LogP contribution in [0.25, 0.3) is 0 Å². The van der Waals surface area contributed by atoms with Crippen molar-refractivity contribution in [1.82, 2.24) is 9.80 Å². The van der Waals surface area contributed by atoms with Gasteiger partial charge in [0.25, 0.3) is 0 Å². The summed E-state index contributed by atoms with van der Waals surface area (Å²) >= 11 is 0. The van der Waals surface area contributed by atoms with E-state index in [0.717, 1.165) is 26.2 Å². The molecule has 0 aromatic rings. The van der Waals surface area contributed by atoms with E-state index >= 15 is 0 Å². The van der Waals surface area contributed by atoms with Crippen LogP contribution in [0.5, 0.6) is 0 Å². The first-order chi connectivity index (χ1) is 6.47. The molecule has 0 atom stereocenters. The van der Waals surface area contributed by atoms with Crippen LogP contribution in [0.15, 0.2) is 0 Å². The number of hydrogen-bond acceptors (Lipinski definition) is 4. The summed E-state index contributed by atoms with van der Waals surface area (Å²) in [5, 5.41) is 2.01. The second-order valence-corrected chi connectivity index (χ2v) is 5.59. The molecule has 1 aliphatic rings. The van der Waals surface area contributed by atoms with Gasteiger partial charge >= 0.3 is 9.05 Å². The zero-order chi connectivity index (χ0) is 10.6. The molecule has 1 fully saturated rings. The second kappa shape index (κ2) is 4.99. The Morgan fingerprint density at radius 3 is 2.36 bits per heavy atom. The van der Waals surface area contributed by atoms with Crippen LogP contribution >= 0.6 is 10.7 Å². The highest BCUT2D eigenvalue weighted by molar-refractivity contribution is 8.17. The summed E-state index contributed by atoms with van der Waals surface area (Å²) < 4.78 is 21.0. The fourth-order valence-corrected chi connectivity index (χ4v) is 1.64. The zero-order valence-corrected chi connectivity index (χ0v) is 9.61. The topological polar surface area (TPSA) is 40.6 Å². The average Bonchev–Trinajstić information content (AvgIpc) is 2.06. The molecular weight excluding hydrogens is 224 g/mol. The molecule has 0 unspecified atom stereocenters. The van der Waals surface area contributed by atoms with E-state index in [-0.39, 0.29) is 0 Å². The molecule has 4 nitrogen and oxygen atoms in total. The first kappa shape index (κ1) is 11.8. The van der Waals surface area contributed by atoms with E-state index in [1.165, 1.54) is 0 Å². The van der Waals surface area contributed by atoms with Gasteiger partial charge in [-0.05, 0) is 7.05 Å². The highest BCUT2D eigenvalue weighted by Crippen LogP contribution is 1.98. The summed E-state index contributed by atoms with van der Waals surface area (Å²) in [6, 6.07) is 0. The van der Waals surface area contributed by atoms with E-state index in [0.29, 0.717) is 6.54 Å². The summed E-state index contributed by atoms with van der Waals surface area (Å²) in [7, 11) is 3.35. The van der Waals surface area contributed by atoms with Crippen molar-refractivity contribution < 1.29 is 8.42 Å². The molecule has 1 heterocycles. The molecule has 6 heteroatoms. The Labute approximate surface area is 89.2 Å². The first-order valence-corrected chi connectivity index (χ1v) is 6.63. The Hall–Kier alpha value is -0.280. The quantitative estimate of drug-likeness (QED) is 0.466. The molecule has 1 aliphatic heterocycles. The summed E-state index contributed by atoms with van der Waals surface area (Å²) in [4.78, 5) is 4.33. The van der Waals surface area contributed by atoms with Gasteiger partial charge in [-0.3, -0.25) is 4.90 Å². The van der Waals surface area contributed by atoms with Crippen LogP contribution in [-0.4, -0.2) is 58.0 Å². The van der Waals surface area contributed by atoms with Crippen LogP contribution in [0.4, 0.5) is 0 Å². The third kappa shape index (κ3) is 4.82. The van der Waals surface area contributed by atoms with Gasteiger partial charge in [0.05, 0.1) is 6.54 Å². The van der Waals surface area contributed by atoms with Crippen LogP contribution < -0.4 is 0 Å². The van der Waals surface area contributed by atoms with Gasteiger partial charge in [-0.2, -0.15) is 8.42 Å². The van der Waals surface area contributed by atoms with Crippen molar-refractivity contribution in [3.63, 3.8) is 0 Å². The SMILES string of the molecule is CN1CCN(CC#CS(=O)(=O)Cl)CC1. The fourth-order valence-electron chi connectivity index (χ4n) is 1.24. The molecule has 0 radical (unpaired) electrons. The molecule has 80 valence electrons. The van der Waals surface area contributed by atoms with Gasteiger partial charge < -0.3 is 4.90 Å². The monoisotopic (exact) mass is 236 g/mol. The lowest BCUT2D eigenvalue weighted by atomic mass is 10.3. The largest absolute Gasteiger partial charge is 0.304 e. The molecule has 0 N–H and O–H groups in total. The summed E-state index contributed by atoms with van der Waals surface area (Å²) in [6.45, 7) is 4.31. The Morgan fingerprint density at radius 2 is 1.86 bits per heavy atom. The predicted molar refractivity (Wildman–Crippen MR) is 56.5 cm³/mol. The number of nitrogens with zero attached hydrogens (tertiary/aromatic N) is 2. The maximum Gasteiger partial charge on any atom is 0.300 e. The van der Waals surface area contributed by atoms with E-state index in [2.05, 4.69) is 22.8 Å². The molecule has 0 aromatic carbocycles. The van der Waals surface area contributed by atoms with Crippen molar-refractivity contribution in [2.24, 2.45) is 0 Å². The molecule has 0 spiro atoms. The van der Waals surface area contributed by atoms with Gasteiger partial charge in [0.2, 0.25) is 0 Å². The number of hydrogen-bond donors (Lipinski definition) is 0. The van der Waals surface area contributed by atoms with Crippen LogP contribution in [0, 0.1) is 11.2 Å². The maximum absolute atomic E-state index is 10.5. The molecule has 0 amide bonds. The minimum Gasteiger partial charge on any atom is -0.304 e. The smallest absolute Gasteiger partial charge is 0.300 e. The molecule has 1 saturated heterocycles. The Bertz CT molecular complexity index is 336. The van der Waals surface area contributed by atoms with Crippen LogP contribution in [-0.2, 0) is 9.05 Å². The lowest BCUT2D eigenvalue weighted by Gasteiger charge is -2.30. The Kier molecular flexibility index (Phi) is 4.20. The molecule has 1 rings (SSSR count). The zero-order valence-electron chi connectivity index (χ0n) is 8.03. The van der Waals surface area contributed by atoms with E-state index in [9.17, 15) is 8.42 Å². The number of likely N-dealkylation sites (N-methyl/N-ethyl adjacent to an activating group) is 1. The highest BCUT2D eigenvalue weighted by Gasteiger charge is 2.11. The molecule has 14 heavy (non-hydrogen) atoms. The molecular formula is C8H13ClN2O2S. The number of halogens is 1. The van der Waals surface area contributed by atoms with Gasteiger partial charge in [0.1, 0.15) is 0 Å². The number of piperazine rings is 1. The van der Waals surface area contributed by atoms with Crippen LogP contribution in [0.2, 0.25) is 0 Å². The standard InChI is InChI=1S/C8H13ClN2O2S/c1-10-4-6-11(7-5-10)3-2-8-14(9,12)13/h3-7H2,1H3. The molecule has 0 bridgehead atoms. The third-order valence-corrected chi connectivity index (χ3v) is 2.71. The van der Waals surface area contributed by atoms with Gasteiger partial charge in [0, 0.05) is 42.1 Å². The number of rotatable bonds is 1. The maximum atomic E-state index is 10.5. The lowest BCUT2D eigenvalue weighted by molar-refractivity contribution is 0.168. The van der Waals surface area contributed by atoms with Crippen molar-refractivity contribution >= 4 is 19.7 Å². The van der Waals surface area contributed by atoms with Crippen molar-refractivity contribution in [2.75, 3.05) is 39.8 Å². The average molecular weight is 237 g/mol. The minimum atomic E-state index is -3.66. The fraction of sp³-hybridized carbons (Fsp3) is 0.750. The molecule has 0 aromatic heterocycles. The van der Waals surface area contributed by atoms with Crippen molar-refractivity contribution in [3.8, 4) is 11.2 Å². The molecule has 0 aliphatic carbocycles. The van der Waals surface area contributed by atoms with E-state index in [1.54, 1.807) is 0 Å². The van der Waals surface area contributed by atoms with Crippen molar-refractivity contribution in [3.05, 3.63) is 0 Å². The molecule has 0 saturated carbocycles. The summed E-state index contributed by atoms with van der Waals surface area (Å²) in [5.41, 5.74) is 0. The van der Waals surface area contributed by atoms with Gasteiger partial charge in [-0.25, -0.2) is 0 Å². The van der Waals surface area contributed by atoms with Crippen LogP contribution in [0.1, 0.15) is 0 Å². The highest BCUT2D eigenvalue weighted by atomic mass is 35.7.